The molecule has 1 heterocycles. The lowest BCUT2D eigenvalue weighted by Crippen LogP contribution is -2.14. The third-order valence-electron chi connectivity index (χ3n) is 3.66. The molecule has 5 nitrogen and oxygen atoms in total. The maximum Gasteiger partial charge on any atom is 0.313 e. The van der Waals surface area contributed by atoms with E-state index in [0.29, 0.717) is 5.16 Å². The van der Waals surface area contributed by atoms with Crippen LogP contribution in [0.25, 0.3) is 0 Å². The van der Waals surface area contributed by atoms with Crippen LogP contribution in [0, 0.1) is 5.92 Å². The van der Waals surface area contributed by atoms with E-state index < -0.39 is 5.97 Å². The molecule has 1 aromatic heterocycles. The summed E-state index contributed by atoms with van der Waals surface area (Å²) in [6.45, 7) is 0.797. The first-order valence-corrected chi connectivity index (χ1v) is 8.06. The van der Waals surface area contributed by atoms with Crippen LogP contribution < -0.4 is 5.56 Å². The first-order chi connectivity index (χ1) is 9.65. The van der Waals surface area contributed by atoms with Gasteiger partial charge in [0.25, 0.3) is 5.56 Å². The molecule has 2 rings (SSSR count). The van der Waals surface area contributed by atoms with Crippen LogP contribution in [0.1, 0.15) is 38.5 Å². The Balaban J connectivity index is 1.91. The van der Waals surface area contributed by atoms with Gasteiger partial charge < -0.3 is 9.67 Å². The second-order valence-corrected chi connectivity index (χ2v) is 6.16. The third kappa shape index (κ3) is 4.67. The molecule has 0 bridgehead atoms. The number of carbonyl (C=O) groups is 1. The zero-order valence-electron chi connectivity index (χ0n) is 11.5. The minimum Gasteiger partial charge on any atom is -0.481 e. The number of thioether (sulfide) groups is 1. The van der Waals surface area contributed by atoms with E-state index in [9.17, 15) is 9.59 Å². The number of rotatable bonds is 7. The Morgan fingerprint density at radius 2 is 2.20 bits per heavy atom. The van der Waals surface area contributed by atoms with Gasteiger partial charge in [-0.2, -0.15) is 4.98 Å². The highest BCUT2D eigenvalue weighted by atomic mass is 32.2. The highest BCUT2D eigenvalue weighted by Gasteiger charge is 2.14. The molecule has 0 spiro atoms. The van der Waals surface area contributed by atoms with E-state index in [-0.39, 0.29) is 11.3 Å². The molecule has 6 heteroatoms. The topological polar surface area (TPSA) is 72.2 Å². The smallest absolute Gasteiger partial charge is 0.313 e. The predicted octanol–water partition coefficient (Wildman–Crippen LogP) is 2.39. The molecule has 0 amide bonds. The molecule has 0 unspecified atom stereocenters. The van der Waals surface area contributed by atoms with Crippen molar-refractivity contribution in [2.45, 2.75) is 50.2 Å². The Labute approximate surface area is 122 Å². The van der Waals surface area contributed by atoms with Gasteiger partial charge in [0.2, 0.25) is 0 Å². The van der Waals surface area contributed by atoms with Gasteiger partial charge in [0.15, 0.2) is 5.16 Å². The van der Waals surface area contributed by atoms with Crippen LogP contribution in [-0.4, -0.2) is 26.4 Å². The first kappa shape index (κ1) is 15.1. The molecule has 0 radical (unpaired) electrons. The van der Waals surface area contributed by atoms with Crippen LogP contribution in [0.2, 0.25) is 0 Å². The fourth-order valence-corrected chi connectivity index (χ4v) is 3.40. The van der Waals surface area contributed by atoms with Gasteiger partial charge in [-0.1, -0.05) is 37.4 Å². The minimum absolute atomic E-state index is 0.0704. The van der Waals surface area contributed by atoms with Crippen LogP contribution >= 0.6 is 11.8 Å². The molecule has 1 aromatic rings. The summed E-state index contributed by atoms with van der Waals surface area (Å²) in [4.78, 5) is 25.8. The highest BCUT2D eigenvalue weighted by Crippen LogP contribution is 2.28. The third-order valence-corrected chi connectivity index (χ3v) is 4.63. The molecule has 0 saturated heterocycles. The Morgan fingerprint density at radius 1 is 1.45 bits per heavy atom. The zero-order chi connectivity index (χ0) is 14.4. The van der Waals surface area contributed by atoms with E-state index in [2.05, 4.69) is 4.98 Å². The molecule has 1 N–H and O–H groups in total. The van der Waals surface area contributed by atoms with Gasteiger partial charge in [-0.3, -0.25) is 9.59 Å². The van der Waals surface area contributed by atoms with Gasteiger partial charge in [-0.25, -0.2) is 0 Å². The van der Waals surface area contributed by atoms with Crippen molar-refractivity contribution in [3.8, 4) is 0 Å². The van der Waals surface area contributed by atoms with Gasteiger partial charge in [-0.05, 0) is 18.8 Å². The van der Waals surface area contributed by atoms with Crippen LogP contribution in [0.3, 0.4) is 0 Å². The minimum atomic E-state index is -0.898. The number of aromatic nitrogens is 2. The van der Waals surface area contributed by atoms with Gasteiger partial charge >= 0.3 is 5.97 Å². The number of aliphatic carboxylic acids is 1. The average Bonchev–Trinajstić information content (AvgIpc) is 2.91. The quantitative estimate of drug-likeness (QED) is 0.618. The molecule has 20 heavy (non-hydrogen) atoms. The summed E-state index contributed by atoms with van der Waals surface area (Å²) in [6.07, 6.45) is 9.35. The van der Waals surface area contributed by atoms with Crippen molar-refractivity contribution in [2.75, 3.05) is 5.75 Å². The van der Waals surface area contributed by atoms with Crippen molar-refractivity contribution in [1.29, 1.82) is 0 Å². The second kappa shape index (κ2) is 7.47. The monoisotopic (exact) mass is 296 g/mol. The molecule has 1 aliphatic carbocycles. The summed E-state index contributed by atoms with van der Waals surface area (Å²) in [7, 11) is 0. The maximum atomic E-state index is 11.3. The fraction of sp³-hybridized carbons (Fsp3) is 0.643. The summed E-state index contributed by atoms with van der Waals surface area (Å²) in [5.41, 5.74) is -0.315. The Hall–Kier alpha value is -1.30. The number of aryl methyl sites for hydroxylation is 1. The molecule has 1 aliphatic rings. The van der Waals surface area contributed by atoms with E-state index in [4.69, 9.17) is 5.11 Å². The van der Waals surface area contributed by atoms with Crippen molar-refractivity contribution in [2.24, 2.45) is 5.92 Å². The van der Waals surface area contributed by atoms with Crippen molar-refractivity contribution in [3.63, 3.8) is 0 Å². The number of hydrogen-bond donors (Lipinski definition) is 1. The summed E-state index contributed by atoms with van der Waals surface area (Å²) in [6, 6.07) is 1.43. The second-order valence-electron chi connectivity index (χ2n) is 5.22. The van der Waals surface area contributed by atoms with Crippen LogP contribution in [0.4, 0.5) is 0 Å². The van der Waals surface area contributed by atoms with E-state index >= 15 is 0 Å². The molecule has 0 atom stereocenters. The predicted molar refractivity (Wildman–Crippen MR) is 78.0 cm³/mol. The number of nitrogens with zero attached hydrogens (tertiary/aromatic N) is 2. The van der Waals surface area contributed by atoms with Gasteiger partial charge in [0, 0.05) is 18.8 Å². The van der Waals surface area contributed by atoms with Crippen molar-refractivity contribution >= 4 is 17.7 Å². The Kier molecular flexibility index (Phi) is 5.64. The van der Waals surface area contributed by atoms with Crippen LogP contribution in [0.5, 0.6) is 0 Å². The van der Waals surface area contributed by atoms with Gasteiger partial charge in [-0.15, -0.1) is 0 Å². The normalized spacial score (nSPS) is 15.6. The standard InChI is InChI=1S/C14H20N2O3S/c17-12-7-9-16(14(15-12)20-10-13(18)19)8-3-6-11-4-1-2-5-11/h7,9,11H,1-6,8,10H2,(H,18,19). The lowest BCUT2D eigenvalue weighted by Gasteiger charge is -2.12. The molecule has 0 aromatic carbocycles. The largest absolute Gasteiger partial charge is 0.481 e. The van der Waals surface area contributed by atoms with Crippen molar-refractivity contribution in [1.82, 2.24) is 9.55 Å². The molecule has 110 valence electrons. The van der Waals surface area contributed by atoms with Gasteiger partial charge in [0.1, 0.15) is 0 Å². The van der Waals surface area contributed by atoms with E-state index in [1.165, 1.54) is 38.2 Å². The zero-order valence-corrected chi connectivity index (χ0v) is 12.3. The summed E-state index contributed by atoms with van der Waals surface area (Å²) >= 11 is 1.10. The lowest BCUT2D eigenvalue weighted by molar-refractivity contribution is -0.133. The molecular formula is C14H20N2O3S. The van der Waals surface area contributed by atoms with Crippen LogP contribution in [0.15, 0.2) is 22.2 Å². The Morgan fingerprint density at radius 3 is 2.90 bits per heavy atom. The van der Waals surface area contributed by atoms with Crippen LogP contribution in [-0.2, 0) is 11.3 Å². The fourth-order valence-electron chi connectivity index (χ4n) is 2.67. The maximum absolute atomic E-state index is 11.3. The molecule has 0 aliphatic heterocycles. The first-order valence-electron chi connectivity index (χ1n) is 7.07. The number of hydrogen-bond acceptors (Lipinski definition) is 4. The molecule has 1 saturated carbocycles. The highest BCUT2D eigenvalue weighted by molar-refractivity contribution is 7.99. The lowest BCUT2D eigenvalue weighted by atomic mass is 10.0. The summed E-state index contributed by atoms with van der Waals surface area (Å²) < 4.78 is 1.89. The van der Waals surface area contributed by atoms with Gasteiger partial charge in [0.05, 0.1) is 5.75 Å². The average molecular weight is 296 g/mol. The number of carboxylic acid groups (broad SMARTS) is 1. The molecule has 1 fully saturated rings. The van der Waals surface area contributed by atoms with E-state index in [0.717, 1.165) is 30.6 Å². The van der Waals surface area contributed by atoms with E-state index in [1.807, 2.05) is 4.57 Å². The van der Waals surface area contributed by atoms with E-state index in [1.54, 1.807) is 6.20 Å². The van der Waals surface area contributed by atoms with Crippen molar-refractivity contribution < 1.29 is 9.90 Å². The summed E-state index contributed by atoms with van der Waals surface area (Å²) in [5.74, 6) is -0.123. The summed E-state index contributed by atoms with van der Waals surface area (Å²) in [5, 5.41) is 9.22. The molecular weight excluding hydrogens is 276 g/mol. The Bertz CT molecular complexity index is 509. The number of carboxylic acids is 1. The SMILES string of the molecule is O=C(O)CSc1nc(=O)ccn1CCCC1CCCC1. The van der Waals surface area contributed by atoms with Crippen molar-refractivity contribution in [3.05, 3.63) is 22.6 Å².